The second kappa shape index (κ2) is 5.17. The molecule has 0 unspecified atom stereocenters. The van der Waals surface area contributed by atoms with Crippen molar-refractivity contribution in [3.05, 3.63) is 36.5 Å². The highest BCUT2D eigenvalue weighted by Gasteiger charge is 2.24. The van der Waals surface area contributed by atoms with E-state index in [1.165, 1.54) is 6.33 Å². The van der Waals surface area contributed by atoms with Gasteiger partial charge in [-0.1, -0.05) is 12.5 Å². The first-order chi connectivity index (χ1) is 9.34. The largest absolute Gasteiger partial charge is 0.352 e. The fourth-order valence-corrected chi connectivity index (χ4v) is 2.09. The first-order valence-electron chi connectivity index (χ1n) is 6.41. The summed E-state index contributed by atoms with van der Waals surface area (Å²) in [6.07, 6.45) is 7.94. The van der Waals surface area contributed by atoms with Gasteiger partial charge in [0.25, 0.3) is 0 Å². The van der Waals surface area contributed by atoms with Crippen molar-refractivity contribution in [2.45, 2.75) is 25.8 Å². The third-order valence-electron chi connectivity index (χ3n) is 3.43. The summed E-state index contributed by atoms with van der Waals surface area (Å²) in [6, 6.07) is 3.79. The van der Waals surface area contributed by atoms with Gasteiger partial charge < -0.3 is 5.32 Å². The van der Waals surface area contributed by atoms with E-state index >= 15 is 0 Å². The number of carbonyl (C=O) groups excluding carboxylic acids is 1. The van der Waals surface area contributed by atoms with E-state index in [1.54, 1.807) is 17.2 Å². The Bertz CT molecular complexity index is 562. The molecule has 6 nitrogen and oxygen atoms in total. The van der Waals surface area contributed by atoms with Crippen molar-refractivity contribution >= 4 is 5.91 Å². The Balaban J connectivity index is 1.72. The summed E-state index contributed by atoms with van der Waals surface area (Å²) in [4.78, 5) is 20.0. The van der Waals surface area contributed by atoms with Gasteiger partial charge in [-0.3, -0.25) is 4.79 Å². The van der Waals surface area contributed by atoms with Crippen LogP contribution in [0.25, 0.3) is 5.82 Å². The Hall–Kier alpha value is -2.24. The van der Waals surface area contributed by atoms with E-state index in [1.807, 2.05) is 12.1 Å². The number of hydrogen-bond acceptors (Lipinski definition) is 4. The third-order valence-corrected chi connectivity index (χ3v) is 3.43. The molecule has 2 heterocycles. The van der Waals surface area contributed by atoms with Crippen LogP contribution >= 0.6 is 0 Å². The van der Waals surface area contributed by atoms with E-state index in [-0.39, 0.29) is 11.8 Å². The van der Waals surface area contributed by atoms with Gasteiger partial charge in [-0.05, 0) is 18.9 Å². The maximum atomic E-state index is 11.8. The molecule has 0 bridgehead atoms. The predicted octanol–water partition coefficient (Wildman–Crippen LogP) is 1.08. The van der Waals surface area contributed by atoms with E-state index in [0.29, 0.717) is 12.4 Å². The highest BCUT2D eigenvalue weighted by atomic mass is 16.1. The summed E-state index contributed by atoms with van der Waals surface area (Å²) in [5.74, 6) is 1.04. The molecule has 3 rings (SSSR count). The molecule has 0 aliphatic heterocycles. The van der Waals surface area contributed by atoms with Gasteiger partial charge in [-0.25, -0.2) is 14.6 Å². The second-order valence-corrected chi connectivity index (χ2v) is 4.67. The minimum absolute atomic E-state index is 0.139. The van der Waals surface area contributed by atoms with E-state index in [9.17, 15) is 4.79 Å². The number of aromatic nitrogens is 4. The average molecular weight is 257 g/mol. The normalized spacial score (nSPS) is 14.9. The van der Waals surface area contributed by atoms with Gasteiger partial charge >= 0.3 is 0 Å². The van der Waals surface area contributed by atoms with Crippen LogP contribution in [-0.4, -0.2) is 25.7 Å². The lowest BCUT2D eigenvalue weighted by Crippen LogP contribution is -2.34. The van der Waals surface area contributed by atoms with E-state index in [2.05, 4.69) is 20.4 Å². The Labute approximate surface area is 110 Å². The topological polar surface area (TPSA) is 72.7 Å². The van der Waals surface area contributed by atoms with Gasteiger partial charge in [0.1, 0.15) is 12.7 Å². The molecule has 2 aromatic heterocycles. The fourth-order valence-electron chi connectivity index (χ4n) is 2.09. The highest BCUT2D eigenvalue weighted by molar-refractivity contribution is 5.79. The van der Waals surface area contributed by atoms with Crippen LogP contribution in [0, 0.1) is 5.92 Å². The van der Waals surface area contributed by atoms with Gasteiger partial charge in [-0.2, -0.15) is 5.10 Å². The molecule has 19 heavy (non-hydrogen) atoms. The predicted molar refractivity (Wildman–Crippen MR) is 68.3 cm³/mol. The van der Waals surface area contributed by atoms with Gasteiger partial charge in [0.15, 0.2) is 5.82 Å². The van der Waals surface area contributed by atoms with Gasteiger partial charge in [0.05, 0.1) is 0 Å². The third kappa shape index (κ3) is 2.47. The highest BCUT2D eigenvalue weighted by Crippen LogP contribution is 2.26. The molecular formula is C13H15N5O. The monoisotopic (exact) mass is 257 g/mol. The minimum atomic E-state index is 0.139. The molecule has 98 valence electrons. The zero-order valence-corrected chi connectivity index (χ0v) is 10.5. The summed E-state index contributed by atoms with van der Waals surface area (Å²) in [6.45, 7) is 0.471. The lowest BCUT2D eigenvalue weighted by Gasteiger charge is -2.24. The molecule has 0 atom stereocenters. The van der Waals surface area contributed by atoms with Crippen molar-refractivity contribution in [3.8, 4) is 5.82 Å². The molecule has 0 radical (unpaired) electrons. The van der Waals surface area contributed by atoms with Crippen molar-refractivity contribution in [2.24, 2.45) is 5.92 Å². The lowest BCUT2D eigenvalue weighted by molar-refractivity contribution is -0.127. The summed E-state index contributed by atoms with van der Waals surface area (Å²) < 4.78 is 1.60. The fraction of sp³-hybridized carbons (Fsp3) is 0.385. The lowest BCUT2D eigenvalue weighted by atomic mass is 9.85. The van der Waals surface area contributed by atoms with Crippen molar-refractivity contribution < 1.29 is 4.79 Å². The van der Waals surface area contributed by atoms with Gasteiger partial charge in [-0.15, -0.1) is 0 Å². The average Bonchev–Trinajstić information content (AvgIpc) is 2.88. The van der Waals surface area contributed by atoms with Crippen molar-refractivity contribution in [1.82, 2.24) is 25.1 Å². The number of nitrogens with one attached hydrogen (secondary N) is 1. The minimum Gasteiger partial charge on any atom is -0.352 e. The Morgan fingerprint density at radius 3 is 3.05 bits per heavy atom. The van der Waals surface area contributed by atoms with Crippen LogP contribution < -0.4 is 5.32 Å². The molecule has 1 aliphatic carbocycles. The maximum absolute atomic E-state index is 11.8. The number of hydrogen-bond donors (Lipinski definition) is 1. The standard InChI is InChI=1S/C13H15N5O/c19-13(10-3-1-4-10)16-7-11-5-2-6-15-12(11)18-9-14-8-17-18/h2,5-6,8-10H,1,3-4,7H2,(H,16,19). The quantitative estimate of drug-likeness (QED) is 0.889. The molecule has 1 N–H and O–H groups in total. The maximum Gasteiger partial charge on any atom is 0.223 e. The SMILES string of the molecule is O=C(NCc1cccnc1-n1cncn1)C1CCC1. The van der Waals surface area contributed by atoms with Crippen LogP contribution in [-0.2, 0) is 11.3 Å². The Morgan fingerprint density at radius 1 is 1.47 bits per heavy atom. The van der Waals surface area contributed by atoms with Crippen molar-refractivity contribution in [3.63, 3.8) is 0 Å². The molecule has 0 aromatic carbocycles. The van der Waals surface area contributed by atoms with E-state index in [4.69, 9.17) is 0 Å². The molecule has 6 heteroatoms. The zero-order chi connectivity index (χ0) is 13.1. The summed E-state index contributed by atoms with van der Waals surface area (Å²) in [7, 11) is 0. The number of nitrogens with zero attached hydrogens (tertiary/aromatic N) is 4. The molecule has 2 aromatic rings. The Morgan fingerprint density at radius 2 is 2.37 bits per heavy atom. The van der Waals surface area contributed by atoms with Crippen LogP contribution in [0.1, 0.15) is 24.8 Å². The van der Waals surface area contributed by atoms with Crippen LogP contribution in [0.3, 0.4) is 0 Å². The molecule has 1 amide bonds. The number of amides is 1. The summed E-state index contributed by atoms with van der Waals surface area (Å²) in [5.41, 5.74) is 0.931. The first kappa shape index (κ1) is 11.8. The van der Waals surface area contributed by atoms with Crippen LogP contribution in [0.2, 0.25) is 0 Å². The van der Waals surface area contributed by atoms with Gasteiger partial charge in [0.2, 0.25) is 5.91 Å². The molecule has 1 saturated carbocycles. The van der Waals surface area contributed by atoms with Crippen LogP contribution in [0.5, 0.6) is 0 Å². The van der Waals surface area contributed by atoms with Crippen LogP contribution in [0.15, 0.2) is 31.0 Å². The zero-order valence-electron chi connectivity index (χ0n) is 10.5. The summed E-state index contributed by atoms with van der Waals surface area (Å²) in [5, 5.41) is 7.03. The van der Waals surface area contributed by atoms with Gasteiger partial charge in [0, 0.05) is 24.2 Å². The van der Waals surface area contributed by atoms with Crippen molar-refractivity contribution in [1.29, 1.82) is 0 Å². The molecule has 1 fully saturated rings. The van der Waals surface area contributed by atoms with Crippen molar-refractivity contribution in [2.75, 3.05) is 0 Å². The molecule has 1 aliphatic rings. The second-order valence-electron chi connectivity index (χ2n) is 4.67. The first-order valence-corrected chi connectivity index (χ1v) is 6.41. The van der Waals surface area contributed by atoms with Crippen LogP contribution in [0.4, 0.5) is 0 Å². The molecule has 0 spiro atoms. The molecular weight excluding hydrogens is 242 g/mol. The van der Waals surface area contributed by atoms with E-state index < -0.39 is 0 Å². The molecule has 0 saturated heterocycles. The summed E-state index contributed by atoms with van der Waals surface area (Å²) >= 11 is 0. The van der Waals surface area contributed by atoms with E-state index in [0.717, 1.165) is 24.8 Å². The number of rotatable bonds is 4. The Kier molecular flexibility index (Phi) is 3.22. The number of carbonyl (C=O) groups is 1. The number of pyridine rings is 1. The smallest absolute Gasteiger partial charge is 0.223 e.